The Morgan fingerprint density at radius 3 is 1.68 bits per heavy atom. The number of hydrogen-bond acceptors (Lipinski definition) is 6. The molecule has 6 heteroatoms. The first kappa shape index (κ1) is 24.5. The highest BCUT2D eigenvalue weighted by Crippen LogP contribution is 2.40. The van der Waals surface area contributed by atoms with E-state index < -0.39 is 11.5 Å². The average molecular weight is 479 g/mol. The fourth-order valence-electron chi connectivity index (χ4n) is 3.86. The minimum Gasteiger partial charge on any atom is -0.449 e. The smallest absolute Gasteiger partial charge is 0.303 e. The Hall–Kier alpha value is -2.64. The van der Waals surface area contributed by atoms with Gasteiger partial charge in [-0.3, -0.25) is 4.79 Å². The van der Waals surface area contributed by atoms with Crippen molar-refractivity contribution in [3.8, 4) is 0 Å². The van der Waals surface area contributed by atoms with Crippen molar-refractivity contribution in [2.75, 3.05) is 6.61 Å². The van der Waals surface area contributed by atoms with Gasteiger partial charge < -0.3 is 18.9 Å². The van der Waals surface area contributed by atoms with Crippen LogP contribution in [0.3, 0.4) is 0 Å². The topological polar surface area (TPSA) is 54.0 Å². The zero-order valence-electron chi connectivity index (χ0n) is 19.2. The molecule has 1 aliphatic rings. The quantitative estimate of drug-likeness (QED) is 0.345. The van der Waals surface area contributed by atoms with E-state index in [0.29, 0.717) is 26.4 Å². The molecule has 0 aliphatic carbocycles. The van der Waals surface area contributed by atoms with Crippen LogP contribution >= 0.6 is 11.8 Å². The third-order valence-electron chi connectivity index (χ3n) is 5.51. The molecule has 4 rings (SSSR count). The molecule has 0 aromatic heterocycles. The highest BCUT2D eigenvalue weighted by Gasteiger charge is 2.48. The molecule has 0 amide bonds. The van der Waals surface area contributed by atoms with Crippen LogP contribution in [0, 0.1) is 0 Å². The molecule has 3 aromatic rings. The standard InChI is InChI=1S/C28H30O5S/c1-21(29)33-28-27(32-19-24-15-9-4-10-16-24)26(31-18-23-13-7-3-8-14-23)25(34-28)20-30-17-22-11-5-2-6-12-22/h2-16,25-28H,17-20H2,1H3/t25-,26-,27-,28?/m1/s1. The first-order valence-corrected chi connectivity index (χ1v) is 12.4. The molecule has 34 heavy (non-hydrogen) atoms. The lowest BCUT2D eigenvalue weighted by Gasteiger charge is -2.26. The van der Waals surface area contributed by atoms with Crippen LogP contribution in [0.2, 0.25) is 0 Å². The van der Waals surface area contributed by atoms with E-state index in [1.807, 2.05) is 91.0 Å². The summed E-state index contributed by atoms with van der Waals surface area (Å²) in [5.74, 6) is -0.335. The Labute approximate surface area is 205 Å². The Morgan fingerprint density at radius 1 is 0.706 bits per heavy atom. The van der Waals surface area contributed by atoms with Crippen molar-refractivity contribution < 1.29 is 23.7 Å². The number of carbonyl (C=O) groups excluding carboxylic acids is 1. The van der Waals surface area contributed by atoms with Gasteiger partial charge in [0, 0.05) is 6.92 Å². The number of hydrogen-bond donors (Lipinski definition) is 0. The SMILES string of the molecule is CC(=O)OC1S[C@H](COCc2ccccc2)[C@@H](OCc2ccccc2)[C@H]1OCc1ccccc1. The number of thioether (sulfide) groups is 1. The van der Waals surface area contributed by atoms with E-state index in [2.05, 4.69) is 0 Å². The van der Waals surface area contributed by atoms with Gasteiger partial charge in [0.2, 0.25) is 0 Å². The highest BCUT2D eigenvalue weighted by molar-refractivity contribution is 8.00. The minimum absolute atomic E-state index is 0.0439. The maximum Gasteiger partial charge on any atom is 0.303 e. The van der Waals surface area contributed by atoms with Crippen LogP contribution in [0.15, 0.2) is 91.0 Å². The molecule has 1 saturated heterocycles. The minimum atomic E-state index is -0.465. The summed E-state index contributed by atoms with van der Waals surface area (Å²) in [6, 6.07) is 30.1. The molecule has 0 radical (unpaired) electrons. The largest absolute Gasteiger partial charge is 0.449 e. The van der Waals surface area contributed by atoms with Gasteiger partial charge in [-0.2, -0.15) is 0 Å². The normalized spacial score (nSPS) is 21.9. The lowest BCUT2D eigenvalue weighted by atomic mass is 10.1. The zero-order chi connectivity index (χ0) is 23.6. The van der Waals surface area contributed by atoms with E-state index in [0.717, 1.165) is 16.7 Å². The first-order chi connectivity index (χ1) is 16.7. The number of esters is 1. The Kier molecular flexibility index (Phi) is 9.16. The maximum absolute atomic E-state index is 11.8. The van der Waals surface area contributed by atoms with Gasteiger partial charge in [0.25, 0.3) is 0 Å². The predicted molar refractivity (Wildman–Crippen MR) is 133 cm³/mol. The van der Waals surface area contributed by atoms with Crippen molar-refractivity contribution in [2.24, 2.45) is 0 Å². The number of carbonyl (C=O) groups is 1. The molecular weight excluding hydrogens is 448 g/mol. The molecular formula is C28H30O5S. The summed E-state index contributed by atoms with van der Waals surface area (Å²) in [4.78, 5) is 11.8. The third kappa shape index (κ3) is 7.18. The van der Waals surface area contributed by atoms with Crippen molar-refractivity contribution in [1.82, 2.24) is 0 Å². The Bertz CT molecular complexity index is 999. The van der Waals surface area contributed by atoms with Crippen molar-refractivity contribution in [3.63, 3.8) is 0 Å². The van der Waals surface area contributed by atoms with Gasteiger partial charge in [0.05, 0.1) is 31.7 Å². The monoisotopic (exact) mass is 478 g/mol. The van der Waals surface area contributed by atoms with Gasteiger partial charge in [-0.25, -0.2) is 0 Å². The van der Waals surface area contributed by atoms with Crippen molar-refractivity contribution in [3.05, 3.63) is 108 Å². The zero-order valence-corrected chi connectivity index (χ0v) is 20.1. The summed E-state index contributed by atoms with van der Waals surface area (Å²) in [6.07, 6.45) is -0.711. The van der Waals surface area contributed by atoms with Gasteiger partial charge in [-0.1, -0.05) is 91.0 Å². The second kappa shape index (κ2) is 12.7. The molecule has 1 heterocycles. The summed E-state index contributed by atoms with van der Waals surface area (Å²) in [5.41, 5.74) is 2.78. The molecule has 4 atom stereocenters. The van der Waals surface area contributed by atoms with Gasteiger partial charge >= 0.3 is 5.97 Å². The van der Waals surface area contributed by atoms with Crippen molar-refractivity contribution in [2.45, 2.75) is 49.6 Å². The van der Waals surface area contributed by atoms with Gasteiger partial charge in [-0.15, -0.1) is 11.8 Å². The van der Waals surface area contributed by atoms with E-state index >= 15 is 0 Å². The fourth-order valence-corrected chi connectivity index (χ4v) is 5.35. The molecule has 5 nitrogen and oxygen atoms in total. The molecule has 0 bridgehead atoms. The van der Waals surface area contributed by atoms with Crippen LogP contribution in [0.4, 0.5) is 0 Å². The van der Waals surface area contributed by atoms with Gasteiger partial charge in [-0.05, 0) is 16.7 Å². The summed E-state index contributed by atoms with van der Waals surface area (Å²) in [6.45, 7) is 3.25. The van der Waals surface area contributed by atoms with E-state index in [9.17, 15) is 4.79 Å². The number of benzene rings is 3. The molecule has 0 saturated carbocycles. The van der Waals surface area contributed by atoms with E-state index in [4.69, 9.17) is 18.9 Å². The second-order valence-electron chi connectivity index (χ2n) is 8.18. The molecule has 1 fully saturated rings. The number of ether oxygens (including phenoxy) is 4. The van der Waals surface area contributed by atoms with Crippen molar-refractivity contribution >= 4 is 17.7 Å². The van der Waals surface area contributed by atoms with Crippen LogP contribution < -0.4 is 0 Å². The van der Waals surface area contributed by atoms with Crippen LogP contribution in [0.5, 0.6) is 0 Å². The summed E-state index contributed by atoms with van der Waals surface area (Å²) >= 11 is 1.54. The maximum atomic E-state index is 11.8. The van der Waals surface area contributed by atoms with Crippen LogP contribution in [-0.4, -0.2) is 35.5 Å². The second-order valence-corrected chi connectivity index (χ2v) is 9.52. The van der Waals surface area contributed by atoms with Crippen LogP contribution in [0.1, 0.15) is 23.6 Å². The van der Waals surface area contributed by atoms with Gasteiger partial charge in [0.15, 0.2) is 5.44 Å². The summed E-state index contributed by atoms with van der Waals surface area (Å²) < 4.78 is 24.4. The van der Waals surface area contributed by atoms with E-state index in [1.165, 1.54) is 6.92 Å². The molecule has 1 aliphatic heterocycles. The van der Waals surface area contributed by atoms with E-state index in [1.54, 1.807) is 11.8 Å². The lowest BCUT2D eigenvalue weighted by Crippen LogP contribution is -2.40. The fraction of sp³-hybridized carbons (Fsp3) is 0.321. The molecule has 0 N–H and O–H groups in total. The third-order valence-corrected chi connectivity index (χ3v) is 6.90. The average Bonchev–Trinajstić information content (AvgIpc) is 3.18. The molecule has 1 unspecified atom stereocenters. The molecule has 0 spiro atoms. The molecule has 178 valence electrons. The Balaban J connectivity index is 1.47. The van der Waals surface area contributed by atoms with Crippen molar-refractivity contribution in [1.29, 1.82) is 0 Å². The van der Waals surface area contributed by atoms with Crippen LogP contribution in [0.25, 0.3) is 0 Å². The van der Waals surface area contributed by atoms with Gasteiger partial charge in [0.1, 0.15) is 12.2 Å². The number of rotatable bonds is 11. The van der Waals surface area contributed by atoms with Crippen LogP contribution in [-0.2, 0) is 43.6 Å². The highest BCUT2D eigenvalue weighted by atomic mass is 32.2. The Morgan fingerprint density at radius 2 is 1.18 bits per heavy atom. The lowest BCUT2D eigenvalue weighted by molar-refractivity contribution is -0.155. The summed E-state index contributed by atoms with van der Waals surface area (Å²) in [5, 5.41) is -0.0439. The molecule has 3 aromatic carbocycles. The summed E-state index contributed by atoms with van der Waals surface area (Å²) in [7, 11) is 0. The predicted octanol–water partition coefficient (Wildman–Crippen LogP) is 5.38. The first-order valence-electron chi connectivity index (χ1n) is 11.4. The van der Waals surface area contributed by atoms with E-state index in [-0.39, 0.29) is 17.3 Å².